The van der Waals surface area contributed by atoms with Crippen LogP contribution in [0.5, 0.6) is 0 Å². The Kier molecular flexibility index (Phi) is 22.8. The number of unbranched alkanes of at least 4 members (excludes halogenated alkanes) is 11. The van der Waals surface area contributed by atoms with Gasteiger partial charge in [-0.2, -0.15) is 0 Å². The Hall–Kier alpha value is -0.160. The van der Waals surface area contributed by atoms with Crippen LogP contribution in [0.25, 0.3) is 0 Å². The maximum absolute atomic E-state index is 11.3. The van der Waals surface area contributed by atoms with Crippen molar-refractivity contribution in [3.05, 3.63) is 12.2 Å². The van der Waals surface area contributed by atoms with E-state index in [0.717, 1.165) is 25.7 Å². The second kappa shape index (κ2) is 21.1. The molecule has 0 spiro atoms. The van der Waals surface area contributed by atoms with E-state index < -0.39 is 18.0 Å². The molecular formula is C21H39NaO4. The summed E-state index contributed by atoms with van der Waals surface area (Å²) in [4.78, 5) is 22.3. The summed E-state index contributed by atoms with van der Waals surface area (Å²) in [6, 6.07) is 0. The minimum absolute atomic E-state index is 0. The number of rotatable bonds is 16. The molecule has 0 aromatic rings. The van der Waals surface area contributed by atoms with Gasteiger partial charge < -0.3 is 9.84 Å². The normalized spacial score (nSPS) is 12.0. The van der Waals surface area contributed by atoms with Gasteiger partial charge in [0, 0.05) is 6.42 Å². The molecule has 0 saturated heterocycles. The molecule has 0 radical (unpaired) electrons. The first kappa shape index (κ1) is 28.1. The van der Waals surface area contributed by atoms with E-state index >= 15 is 0 Å². The SMILES string of the molecule is CCCCCCCCC=CCCCCCCCC(=O)OC(=O)C(C)O.[NaH]. The molecule has 0 saturated carbocycles. The summed E-state index contributed by atoms with van der Waals surface area (Å²) in [6.07, 6.45) is 19.3. The van der Waals surface area contributed by atoms with Crippen LogP contribution in [-0.4, -0.2) is 52.7 Å². The van der Waals surface area contributed by atoms with Gasteiger partial charge in [-0.15, -0.1) is 0 Å². The van der Waals surface area contributed by atoms with Crippen molar-refractivity contribution in [2.24, 2.45) is 0 Å². The Morgan fingerprint density at radius 1 is 0.846 bits per heavy atom. The van der Waals surface area contributed by atoms with Crippen LogP contribution in [-0.2, 0) is 14.3 Å². The molecule has 0 amide bonds. The third-order valence-electron chi connectivity index (χ3n) is 4.20. The van der Waals surface area contributed by atoms with Gasteiger partial charge in [0.1, 0.15) is 6.10 Å². The number of hydrogen-bond donors (Lipinski definition) is 1. The molecule has 1 atom stereocenters. The second-order valence-corrected chi connectivity index (χ2v) is 6.80. The Morgan fingerprint density at radius 3 is 1.81 bits per heavy atom. The maximum atomic E-state index is 11.3. The van der Waals surface area contributed by atoms with Crippen molar-refractivity contribution in [1.29, 1.82) is 0 Å². The molecule has 0 bridgehead atoms. The molecule has 0 fully saturated rings. The van der Waals surface area contributed by atoms with Crippen molar-refractivity contribution >= 4 is 41.5 Å². The zero-order valence-electron chi connectivity index (χ0n) is 16.3. The number of aliphatic hydroxyl groups is 1. The predicted molar refractivity (Wildman–Crippen MR) is 109 cm³/mol. The molecule has 5 heteroatoms. The Labute approximate surface area is 182 Å². The van der Waals surface area contributed by atoms with Crippen LogP contribution in [0.4, 0.5) is 0 Å². The van der Waals surface area contributed by atoms with Crippen LogP contribution in [0.15, 0.2) is 12.2 Å². The molecule has 0 aliphatic heterocycles. The third-order valence-corrected chi connectivity index (χ3v) is 4.20. The van der Waals surface area contributed by atoms with Crippen molar-refractivity contribution in [2.75, 3.05) is 0 Å². The van der Waals surface area contributed by atoms with Gasteiger partial charge in [-0.1, -0.05) is 70.4 Å². The minimum atomic E-state index is -1.24. The first-order chi connectivity index (χ1) is 12.1. The molecule has 4 nitrogen and oxygen atoms in total. The van der Waals surface area contributed by atoms with Gasteiger partial charge in [-0.3, -0.25) is 4.79 Å². The topological polar surface area (TPSA) is 63.6 Å². The molecule has 1 unspecified atom stereocenters. The molecule has 0 aliphatic carbocycles. The monoisotopic (exact) mass is 378 g/mol. The number of ether oxygens (including phenoxy) is 1. The summed E-state index contributed by atoms with van der Waals surface area (Å²) in [6.45, 7) is 3.54. The summed E-state index contributed by atoms with van der Waals surface area (Å²) in [5.41, 5.74) is 0. The van der Waals surface area contributed by atoms with E-state index in [1.807, 2.05) is 0 Å². The van der Waals surface area contributed by atoms with Crippen molar-refractivity contribution < 1.29 is 19.4 Å². The van der Waals surface area contributed by atoms with Crippen LogP contribution >= 0.6 is 0 Å². The fourth-order valence-electron chi connectivity index (χ4n) is 2.59. The van der Waals surface area contributed by atoms with E-state index in [9.17, 15) is 9.59 Å². The molecule has 148 valence electrons. The van der Waals surface area contributed by atoms with E-state index in [4.69, 9.17) is 5.11 Å². The number of carbonyl (C=O) groups excluding carboxylic acids is 2. The van der Waals surface area contributed by atoms with Gasteiger partial charge in [0.05, 0.1) is 0 Å². The fourth-order valence-corrected chi connectivity index (χ4v) is 2.59. The summed E-state index contributed by atoms with van der Waals surface area (Å²) in [5, 5.41) is 8.94. The van der Waals surface area contributed by atoms with E-state index in [0.29, 0.717) is 0 Å². The number of carbonyl (C=O) groups is 2. The predicted octanol–water partition coefficient (Wildman–Crippen LogP) is 4.83. The molecule has 0 aromatic heterocycles. The van der Waals surface area contributed by atoms with Crippen molar-refractivity contribution in [1.82, 2.24) is 0 Å². The van der Waals surface area contributed by atoms with Crippen LogP contribution < -0.4 is 0 Å². The summed E-state index contributed by atoms with van der Waals surface area (Å²) >= 11 is 0. The Morgan fingerprint density at radius 2 is 1.31 bits per heavy atom. The summed E-state index contributed by atoms with van der Waals surface area (Å²) < 4.78 is 4.49. The average molecular weight is 379 g/mol. The molecular weight excluding hydrogens is 339 g/mol. The van der Waals surface area contributed by atoms with E-state index in [1.165, 1.54) is 64.7 Å². The van der Waals surface area contributed by atoms with Crippen LogP contribution in [0.3, 0.4) is 0 Å². The van der Waals surface area contributed by atoms with Crippen molar-refractivity contribution in [2.45, 2.75) is 110 Å². The zero-order valence-corrected chi connectivity index (χ0v) is 16.3. The second-order valence-electron chi connectivity index (χ2n) is 6.80. The molecule has 1 N–H and O–H groups in total. The fraction of sp³-hybridized carbons (Fsp3) is 0.810. The van der Waals surface area contributed by atoms with Gasteiger partial charge in [0.2, 0.25) is 0 Å². The zero-order chi connectivity index (χ0) is 18.8. The van der Waals surface area contributed by atoms with Crippen molar-refractivity contribution in [3.63, 3.8) is 0 Å². The van der Waals surface area contributed by atoms with Gasteiger partial charge in [-0.25, -0.2) is 4.79 Å². The van der Waals surface area contributed by atoms with Gasteiger partial charge >= 0.3 is 41.5 Å². The summed E-state index contributed by atoms with van der Waals surface area (Å²) in [5.74, 6) is -1.40. The Bertz CT molecular complexity index is 367. The molecule has 0 aromatic carbocycles. The van der Waals surface area contributed by atoms with Gasteiger partial charge in [0.15, 0.2) is 0 Å². The number of hydrogen-bond acceptors (Lipinski definition) is 4. The number of allylic oxidation sites excluding steroid dienone is 2. The average Bonchev–Trinajstić information content (AvgIpc) is 2.58. The first-order valence-electron chi connectivity index (χ1n) is 10.2. The van der Waals surface area contributed by atoms with Crippen LogP contribution in [0.1, 0.15) is 104 Å². The van der Waals surface area contributed by atoms with Crippen LogP contribution in [0, 0.1) is 0 Å². The van der Waals surface area contributed by atoms with Crippen LogP contribution in [0.2, 0.25) is 0 Å². The summed E-state index contributed by atoms with van der Waals surface area (Å²) in [7, 11) is 0. The first-order valence-corrected chi connectivity index (χ1v) is 10.2. The molecule has 0 aliphatic rings. The Balaban J connectivity index is 0. The number of esters is 2. The van der Waals surface area contributed by atoms with E-state index in [2.05, 4.69) is 23.8 Å². The third kappa shape index (κ3) is 20.2. The van der Waals surface area contributed by atoms with Crippen molar-refractivity contribution in [3.8, 4) is 0 Å². The number of aliphatic hydroxyl groups excluding tert-OH is 1. The van der Waals surface area contributed by atoms with E-state index in [-0.39, 0.29) is 36.0 Å². The standard InChI is InChI=1S/C21H38O4.Na.H/c1-3-4-5-6-7-8-9-10-11-12-13-14-15-16-17-18-20(23)25-21(24)19(2)22;;/h10-11,19,22H,3-9,12-18H2,1-2H3;;. The van der Waals surface area contributed by atoms with Gasteiger partial charge in [0.25, 0.3) is 0 Å². The quantitative estimate of drug-likeness (QED) is 0.137. The molecule has 0 rings (SSSR count). The molecule has 0 heterocycles. The molecule has 26 heavy (non-hydrogen) atoms. The van der Waals surface area contributed by atoms with E-state index in [1.54, 1.807) is 0 Å². The van der Waals surface area contributed by atoms with Gasteiger partial charge in [-0.05, 0) is 39.0 Å².